The van der Waals surface area contributed by atoms with Crippen molar-refractivity contribution < 1.29 is 8.42 Å². The van der Waals surface area contributed by atoms with Gasteiger partial charge in [0.1, 0.15) is 0 Å². The largest absolute Gasteiger partial charge is 0.326 e. The van der Waals surface area contributed by atoms with Gasteiger partial charge in [-0.15, -0.1) is 0 Å². The molecule has 1 fully saturated rings. The first-order valence-corrected chi connectivity index (χ1v) is 8.24. The van der Waals surface area contributed by atoms with Crippen LogP contribution in [0.15, 0.2) is 23.1 Å². The number of sulfonamides is 1. The van der Waals surface area contributed by atoms with Crippen molar-refractivity contribution in [3.63, 3.8) is 0 Å². The molecule has 5 heteroatoms. The van der Waals surface area contributed by atoms with E-state index in [1.807, 2.05) is 6.92 Å². The van der Waals surface area contributed by atoms with Crippen LogP contribution in [0.5, 0.6) is 0 Å². The molecule has 2 rings (SSSR count). The third kappa shape index (κ3) is 3.16. The number of nitrogens with one attached hydrogen (secondary N) is 1. The van der Waals surface area contributed by atoms with Crippen LogP contribution in [0.3, 0.4) is 0 Å². The molecule has 0 saturated heterocycles. The molecule has 1 aromatic carbocycles. The van der Waals surface area contributed by atoms with Crippen molar-refractivity contribution in [3.8, 4) is 0 Å². The Labute approximate surface area is 115 Å². The van der Waals surface area contributed by atoms with E-state index in [9.17, 15) is 8.42 Å². The molecule has 0 amide bonds. The van der Waals surface area contributed by atoms with Crippen LogP contribution in [-0.2, 0) is 16.6 Å². The van der Waals surface area contributed by atoms with E-state index in [1.165, 1.54) is 0 Å². The first-order valence-electron chi connectivity index (χ1n) is 6.76. The zero-order valence-corrected chi connectivity index (χ0v) is 12.3. The minimum Gasteiger partial charge on any atom is -0.326 e. The van der Waals surface area contributed by atoms with E-state index in [1.54, 1.807) is 18.2 Å². The van der Waals surface area contributed by atoms with Crippen LogP contribution in [0.25, 0.3) is 0 Å². The second kappa shape index (κ2) is 5.61. The van der Waals surface area contributed by atoms with Gasteiger partial charge in [-0.2, -0.15) is 0 Å². The maximum atomic E-state index is 12.3. The molecule has 19 heavy (non-hydrogen) atoms. The molecule has 3 N–H and O–H groups in total. The lowest BCUT2D eigenvalue weighted by Crippen LogP contribution is -2.36. The highest BCUT2D eigenvalue weighted by Crippen LogP contribution is 2.26. The number of benzene rings is 1. The van der Waals surface area contributed by atoms with Crippen molar-refractivity contribution >= 4 is 10.0 Å². The number of hydrogen-bond acceptors (Lipinski definition) is 3. The molecule has 4 nitrogen and oxygen atoms in total. The fourth-order valence-corrected chi connectivity index (χ4v) is 4.12. The Balaban J connectivity index is 2.22. The first-order chi connectivity index (χ1) is 8.94. The van der Waals surface area contributed by atoms with Crippen molar-refractivity contribution in [3.05, 3.63) is 29.3 Å². The van der Waals surface area contributed by atoms with Crippen LogP contribution in [0.4, 0.5) is 0 Å². The summed E-state index contributed by atoms with van der Waals surface area (Å²) >= 11 is 0. The average Bonchev–Trinajstić information content (AvgIpc) is 2.74. The quantitative estimate of drug-likeness (QED) is 0.886. The lowest BCUT2D eigenvalue weighted by atomic mass is 10.1. The van der Waals surface area contributed by atoms with Gasteiger partial charge in [0.05, 0.1) is 4.90 Å². The number of hydrogen-bond donors (Lipinski definition) is 2. The first kappa shape index (κ1) is 14.5. The zero-order chi connectivity index (χ0) is 14.0. The summed E-state index contributed by atoms with van der Waals surface area (Å²) in [5.41, 5.74) is 7.50. The molecule has 0 radical (unpaired) electrons. The topological polar surface area (TPSA) is 72.2 Å². The fourth-order valence-electron chi connectivity index (χ4n) is 2.65. The molecule has 1 aliphatic carbocycles. The van der Waals surface area contributed by atoms with Crippen LogP contribution in [0.2, 0.25) is 0 Å². The van der Waals surface area contributed by atoms with E-state index in [0.29, 0.717) is 17.4 Å². The van der Waals surface area contributed by atoms with Crippen molar-refractivity contribution in [2.24, 2.45) is 11.7 Å². The molecule has 1 aliphatic rings. The third-order valence-corrected chi connectivity index (χ3v) is 5.50. The Morgan fingerprint density at radius 3 is 2.63 bits per heavy atom. The van der Waals surface area contributed by atoms with Gasteiger partial charge in [0.15, 0.2) is 0 Å². The van der Waals surface area contributed by atoms with E-state index in [-0.39, 0.29) is 6.04 Å². The molecular formula is C14H22N2O2S. The Morgan fingerprint density at radius 1 is 1.37 bits per heavy atom. The highest BCUT2D eigenvalue weighted by atomic mass is 32.2. The van der Waals surface area contributed by atoms with Gasteiger partial charge in [-0.3, -0.25) is 0 Å². The number of aryl methyl sites for hydroxylation is 1. The number of nitrogens with two attached hydrogens (primary N) is 1. The van der Waals surface area contributed by atoms with E-state index < -0.39 is 10.0 Å². The predicted molar refractivity (Wildman–Crippen MR) is 76.2 cm³/mol. The normalized spacial score (nSPS) is 23.7. The van der Waals surface area contributed by atoms with Gasteiger partial charge in [-0.25, -0.2) is 13.1 Å². The lowest BCUT2D eigenvalue weighted by Gasteiger charge is -2.18. The van der Waals surface area contributed by atoms with Gasteiger partial charge in [0.25, 0.3) is 0 Å². The molecule has 0 aliphatic heterocycles. The van der Waals surface area contributed by atoms with Crippen molar-refractivity contribution in [2.75, 3.05) is 0 Å². The highest BCUT2D eigenvalue weighted by Gasteiger charge is 2.28. The van der Waals surface area contributed by atoms with Crippen LogP contribution in [-0.4, -0.2) is 14.5 Å². The summed E-state index contributed by atoms with van der Waals surface area (Å²) in [7, 11) is -3.41. The third-order valence-electron chi connectivity index (χ3n) is 4.01. The molecule has 2 atom stereocenters. The SMILES string of the molecule is Cc1cc(S(=O)(=O)NC2CCCC2C)ccc1CN. The second-order valence-electron chi connectivity index (χ2n) is 5.43. The van der Waals surface area contributed by atoms with Crippen molar-refractivity contribution in [1.29, 1.82) is 0 Å². The van der Waals surface area contributed by atoms with Crippen molar-refractivity contribution in [2.45, 2.75) is 50.6 Å². The summed E-state index contributed by atoms with van der Waals surface area (Å²) in [4.78, 5) is 0.335. The molecule has 1 saturated carbocycles. The van der Waals surface area contributed by atoms with Gasteiger partial charge >= 0.3 is 0 Å². The van der Waals surface area contributed by atoms with Crippen molar-refractivity contribution in [1.82, 2.24) is 4.72 Å². The van der Waals surface area contributed by atoms with E-state index in [4.69, 9.17) is 5.73 Å². The monoisotopic (exact) mass is 282 g/mol. The maximum absolute atomic E-state index is 12.3. The fraction of sp³-hybridized carbons (Fsp3) is 0.571. The molecule has 2 unspecified atom stereocenters. The summed E-state index contributed by atoms with van der Waals surface area (Å²) in [6, 6.07) is 5.20. The summed E-state index contributed by atoms with van der Waals surface area (Å²) in [6.45, 7) is 4.42. The van der Waals surface area contributed by atoms with E-state index in [2.05, 4.69) is 11.6 Å². The molecule has 1 aromatic rings. The molecule has 0 spiro atoms. The Kier molecular flexibility index (Phi) is 4.28. The molecular weight excluding hydrogens is 260 g/mol. The zero-order valence-electron chi connectivity index (χ0n) is 11.5. The van der Waals surface area contributed by atoms with Gasteiger partial charge in [0.2, 0.25) is 10.0 Å². The number of rotatable bonds is 4. The summed E-state index contributed by atoms with van der Waals surface area (Å²) < 4.78 is 27.5. The molecule has 0 heterocycles. The van der Waals surface area contributed by atoms with E-state index in [0.717, 1.165) is 30.4 Å². The minimum atomic E-state index is -3.41. The van der Waals surface area contributed by atoms with Crippen LogP contribution < -0.4 is 10.5 Å². The van der Waals surface area contributed by atoms with Gasteiger partial charge < -0.3 is 5.73 Å². The van der Waals surface area contributed by atoms with Crippen LogP contribution >= 0.6 is 0 Å². The Hall–Kier alpha value is -0.910. The maximum Gasteiger partial charge on any atom is 0.240 e. The molecule has 0 bridgehead atoms. The van der Waals surface area contributed by atoms with Crippen LogP contribution in [0, 0.1) is 12.8 Å². The van der Waals surface area contributed by atoms with Gasteiger partial charge in [0, 0.05) is 12.6 Å². The summed E-state index contributed by atoms with van der Waals surface area (Å²) in [5, 5.41) is 0. The summed E-state index contributed by atoms with van der Waals surface area (Å²) in [6.07, 6.45) is 3.12. The minimum absolute atomic E-state index is 0.0690. The predicted octanol–water partition coefficient (Wildman–Crippen LogP) is 1.92. The smallest absolute Gasteiger partial charge is 0.240 e. The summed E-state index contributed by atoms with van der Waals surface area (Å²) in [5.74, 6) is 0.416. The Bertz CT molecular complexity index is 555. The Morgan fingerprint density at radius 2 is 2.11 bits per heavy atom. The average molecular weight is 282 g/mol. The standard InChI is InChI=1S/C14H22N2O2S/c1-10-4-3-5-14(10)16-19(17,18)13-7-6-12(9-15)11(2)8-13/h6-8,10,14,16H,3-5,9,15H2,1-2H3. The van der Waals surface area contributed by atoms with E-state index >= 15 is 0 Å². The van der Waals surface area contributed by atoms with Gasteiger partial charge in [-0.1, -0.05) is 19.4 Å². The highest BCUT2D eigenvalue weighted by molar-refractivity contribution is 7.89. The van der Waals surface area contributed by atoms with Crippen LogP contribution in [0.1, 0.15) is 37.3 Å². The molecule has 0 aromatic heterocycles. The molecule has 106 valence electrons. The second-order valence-corrected chi connectivity index (χ2v) is 7.14. The lowest BCUT2D eigenvalue weighted by molar-refractivity contribution is 0.476. The van der Waals surface area contributed by atoms with Gasteiger partial charge in [-0.05, 0) is 48.9 Å².